The van der Waals surface area contributed by atoms with Gasteiger partial charge in [0.15, 0.2) is 12.2 Å². The van der Waals surface area contributed by atoms with Gasteiger partial charge in [-0.05, 0) is 61.4 Å². The molecule has 6 nitrogen and oxygen atoms in total. The zero-order chi connectivity index (χ0) is 21.1. The van der Waals surface area contributed by atoms with Crippen molar-refractivity contribution in [1.29, 1.82) is 0 Å². The molecular weight excluding hydrogens is 380 g/mol. The highest BCUT2D eigenvalue weighted by Gasteiger charge is 2.19. The third-order valence-electron chi connectivity index (χ3n) is 4.51. The second kappa shape index (κ2) is 8.21. The minimum absolute atomic E-state index is 0.281. The third-order valence-corrected chi connectivity index (χ3v) is 4.51. The van der Waals surface area contributed by atoms with E-state index in [9.17, 15) is 9.59 Å². The van der Waals surface area contributed by atoms with Crippen molar-refractivity contribution in [2.24, 2.45) is 0 Å². The summed E-state index contributed by atoms with van der Waals surface area (Å²) < 4.78 is 11.0. The molecular formula is C24H20N2O4. The minimum Gasteiger partial charge on any atom is -0.452 e. The number of anilines is 1. The Labute approximate surface area is 173 Å². The van der Waals surface area contributed by atoms with Gasteiger partial charge in [0.1, 0.15) is 5.52 Å². The third kappa shape index (κ3) is 4.22. The number of para-hydroxylation sites is 2. The number of esters is 1. The van der Waals surface area contributed by atoms with Gasteiger partial charge in [-0.25, -0.2) is 9.78 Å². The fourth-order valence-corrected chi connectivity index (χ4v) is 3.29. The van der Waals surface area contributed by atoms with E-state index in [1.807, 2.05) is 56.3 Å². The normalized spacial score (nSPS) is 10.7. The van der Waals surface area contributed by atoms with E-state index in [0.717, 1.165) is 11.1 Å². The predicted octanol–water partition coefficient (Wildman–Crippen LogP) is 4.91. The van der Waals surface area contributed by atoms with Crippen molar-refractivity contribution in [1.82, 2.24) is 4.98 Å². The Morgan fingerprint density at radius 1 is 0.967 bits per heavy atom. The van der Waals surface area contributed by atoms with Gasteiger partial charge in [0, 0.05) is 5.69 Å². The first-order valence-electron chi connectivity index (χ1n) is 9.50. The van der Waals surface area contributed by atoms with Crippen LogP contribution in [0.5, 0.6) is 0 Å². The average Bonchev–Trinajstić information content (AvgIpc) is 3.15. The van der Waals surface area contributed by atoms with Crippen molar-refractivity contribution in [3.8, 4) is 11.5 Å². The SMILES string of the molecule is Cc1cc(C)cc(NC(=O)COC(=O)c2ccccc2-c2nc3ccccc3o2)c1. The number of oxazole rings is 1. The van der Waals surface area contributed by atoms with E-state index >= 15 is 0 Å². The lowest BCUT2D eigenvalue weighted by Crippen LogP contribution is -2.21. The molecule has 0 bridgehead atoms. The Balaban J connectivity index is 1.48. The molecule has 1 heterocycles. The monoisotopic (exact) mass is 400 g/mol. The maximum Gasteiger partial charge on any atom is 0.339 e. The molecule has 1 aromatic heterocycles. The lowest BCUT2D eigenvalue weighted by molar-refractivity contribution is -0.119. The van der Waals surface area contributed by atoms with Crippen LogP contribution in [0.3, 0.4) is 0 Å². The molecule has 6 heteroatoms. The first-order chi connectivity index (χ1) is 14.5. The van der Waals surface area contributed by atoms with Gasteiger partial charge in [-0.2, -0.15) is 0 Å². The van der Waals surface area contributed by atoms with Gasteiger partial charge in [0.05, 0.1) is 11.1 Å². The number of aryl methyl sites for hydroxylation is 2. The van der Waals surface area contributed by atoms with Crippen LogP contribution in [0.2, 0.25) is 0 Å². The summed E-state index contributed by atoms with van der Waals surface area (Å²) >= 11 is 0. The van der Waals surface area contributed by atoms with E-state index in [2.05, 4.69) is 10.3 Å². The quantitative estimate of drug-likeness (QED) is 0.482. The molecule has 0 radical (unpaired) electrons. The molecule has 0 aliphatic rings. The number of ether oxygens (including phenoxy) is 1. The summed E-state index contributed by atoms with van der Waals surface area (Å²) in [6.45, 7) is 3.51. The number of carbonyl (C=O) groups is 2. The Bertz CT molecular complexity index is 1190. The van der Waals surface area contributed by atoms with Gasteiger partial charge in [-0.15, -0.1) is 0 Å². The summed E-state index contributed by atoms with van der Waals surface area (Å²) in [6, 6.07) is 19.9. The lowest BCUT2D eigenvalue weighted by Gasteiger charge is -2.09. The fourth-order valence-electron chi connectivity index (χ4n) is 3.29. The molecule has 4 rings (SSSR count). The fraction of sp³-hybridized carbons (Fsp3) is 0.125. The predicted molar refractivity (Wildman–Crippen MR) is 114 cm³/mol. The molecule has 0 unspecified atom stereocenters. The highest BCUT2D eigenvalue weighted by atomic mass is 16.5. The van der Waals surface area contributed by atoms with Crippen molar-refractivity contribution in [3.63, 3.8) is 0 Å². The van der Waals surface area contributed by atoms with Crippen LogP contribution in [0.1, 0.15) is 21.5 Å². The molecule has 0 aliphatic carbocycles. The van der Waals surface area contributed by atoms with E-state index in [4.69, 9.17) is 9.15 Å². The number of hydrogen-bond acceptors (Lipinski definition) is 5. The molecule has 0 atom stereocenters. The van der Waals surface area contributed by atoms with Crippen LogP contribution in [0.25, 0.3) is 22.6 Å². The first-order valence-corrected chi connectivity index (χ1v) is 9.50. The van der Waals surface area contributed by atoms with E-state index in [1.54, 1.807) is 24.3 Å². The highest BCUT2D eigenvalue weighted by Crippen LogP contribution is 2.27. The number of rotatable bonds is 5. The second-order valence-electron chi connectivity index (χ2n) is 7.03. The van der Waals surface area contributed by atoms with Crippen LogP contribution >= 0.6 is 0 Å². The van der Waals surface area contributed by atoms with Gasteiger partial charge in [0.25, 0.3) is 5.91 Å². The van der Waals surface area contributed by atoms with Crippen LogP contribution in [0.15, 0.2) is 71.1 Å². The van der Waals surface area contributed by atoms with Gasteiger partial charge in [-0.1, -0.05) is 30.3 Å². The molecule has 4 aromatic rings. The lowest BCUT2D eigenvalue weighted by atomic mass is 10.1. The van der Waals surface area contributed by atoms with Crippen LogP contribution in [-0.4, -0.2) is 23.5 Å². The second-order valence-corrected chi connectivity index (χ2v) is 7.03. The number of fused-ring (bicyclic) bond motifs is 1. The van der Waals surface area contributed by atoms with Crippen molar-refractivity contribution < 1.29 is 18.7 Å². The molecule has 1 N–H and O–H groups in total. The number of carbonyl (C=O) groups excluding carboxylic acids is 2. The van der Waals surface area contributed by atoms with Gasteiger partial charge in [-0.3, -0.25) is 4.79 Å². The largest absolute Gasteiger partial charge is 0.452 e. The average molecular weight is 400 g/mol. The minimum atomic E-state index is -0.622. The molecule has 0 saturated carbocycles. The summed E-state index contributed by atoms with van der Waals surface area (Å²) in [5, 5.41) is 2.75. The summed E-state index contributed by atoms with van der Waals surface area (Å²) in [5.41, 5.74) is 4.85. The maximum atomic E-state index is 12.6. The van der Waals surface area contributed by atoms with Crippen molar-refractivity contribution in [2.75, 3.05) is 11.9 Å². The molecule has 30 heavy (non-hydrogen) atoms. The van der Waals surface area contributed by atoms with Gasteiger partial charge in [0.2, 0.25) is 5.89 Å². The van der Waals surface area contributed by atoms with Crippen LogP contribution in [0, 0.1) is 13.8 Å². The zero-order valence-electron chi connectivity index (χ0n) is 16.6. The van der Waals surface area contributed by atoms with E-state index in [-0.39, 0.29) is 5.56 Å². The molecule has 1 amide bonds. The Morgan fingerprint density at radius 2 is 1.67 bits per heavy atom. The Hall–Kier alpha value is -3.93. The highest BCUT2D eigenvalue weighted by molar-refractivity contribution is 5.99. The number of amides is 1. The number of aromatic nitrogens is 1. The summed E-state index contributed by atoms with van der Waals surface area (Å²) in [5.74, 6) is -0.709. The smallest absolute Gasteiger partial charge is 0.339 e. The summed E-state index contributed by atoms with van der Waals surface area (Å²) in [6.07, 6.45) is 0. The Kier molecular flexibility index (Phi) is 5.30. The van der Waals surface area contributed by atoms with Crippen LogP contribution in [-0.2, 0) is 9.53 Å². The van der Waals surface area contributed by atoms with Crippen molar-refractivity contribution in [2.45, 2.75) is 13.8 Å². The number of nitrogens with zero attached hydrogens (tertiary/aromatic N) is 1. The summed E-state index contributed by atoms with van der Waals surface area (Å²) in [4.78, 5) is 29.3. The van der Waals surface area contributed by atoms with Crippen LogP contribution < -0.4 is 5.32 Å². The molecule has 0 spiro atoms. The standard InChI is InChI=1S/C24H20N2O4/c1-15-11-16(2)13-17(12-15)25-22(27)14-29-24(28)19-8-4-3-7-18(19)23-26-20-9-5-6-10-21(20)30-23/h3-13H,14H2,1-2H3,(H,25,27). The first kappa shape index (κ1) is 19.4. The number of hydrogen-bond donors (Lipinski definition) is 1. The topological polar surface area (TPSA) is 81.4 Å². The zero-order valence-corrected chi connectivity index (χ0v) is 16.6. The number of nitrogens with one attached hydrogen (secondary N) is 1. The van der Waals surface area contributed by atoms with Gasteiger partial charge < -0.3 is 14.5 Å². The Morgan fingerprint density at radius 3 is 2.43 bits per heavy atom. The number of benzene rings is 3. The van der Waals surface area contributed by atoms with E-state index < -0.39 is 18.5 Å². The van der Waals surface area contributed by atoms with Crippen molar-refractivity contribution in [3.05, 3.63) is 83.4 Å². The molecule has 0 aliphatic heterocycles. The van der Waals surface area contributed by atoms with E-state index in [1.165, 1.54) is 0 Å². The van der Waals surface area contributed by atoms with Crippen LogP contribution in [0.4, 0.5) is 5.69 Å². The molecule has 0 saturated heterocycles. The van der Waals surface area contributed by atoms with Gasteiger partial charge >= 0.3 is 5.97 Å². The molecule has 3 aromatic carbocycles. The molecule has 0 fully saturated rings. The van der Waals surface area contributed by atoms with E-state index in [0.29, 0.717) is 28.2 Å². The van der Waals surface area contributed by atoms with Crippen molar-refractivity contribution >= 4 is 28.7 Å². The molecule has 150 valence electrons. The maximum absolute atomic E-state index is 12.6. The summed E-state index contributed by atoms with van der Waals surface area (Å²) in [7, 11) is 0.